The van der Waals surface area contributed by atoms with E-state index in [0.717, 1.165) is 5.56 Å². The van der Waals surface area contributed by atoms with E-state index < -0.39 is 5.41 Å². The first-order valence-electron chi connectivity index (χ1n) is 5.12. The smallest absolute Gasteiger partial charge is 0.311 e. The maximum atomic E-state index is 11.6. The van der Waals surface area contributed by atoms with E-state index in [-0.39, 0.29) is 5.97 Å². The van der Waals surface area contributed by atoms with Crippen molar-refractivity contribution in [3.8, 4) is 0 Å². The molecule has 0 fully saturated rings. The van der Waals surface area contributed by atoms with E-state index in [0.29, 0.717) is 13.0 Å². The average molecular weight is 207 g/mol. The Kier molecular flexibility index (Phi) is 3.83. The number of pyridine rings is 1. The van der Waals surface area contributed by atoms with Crippen molar-refractivity contribution in [1.29, 1.82) is 0 Å². The van der Waals surface area contributed by atoms with Crippen molar-refractivity contribution in [2.75, 3.05) is 6.61 Å². The highest BCUT2D eigenvalue weighted by atomic mass is 16.5. The molecule has 0 amide bonds. The number of carbonyl (C=O) groups is 1. The van der Waals surface area contributed by atoms with Crippen LogP contribution in [0.15, 0.2) is 24.5 Å². The number of ether oxygens (including phenoxy) is 1. The van der Waals surface area contributed by atoms with Gasteiger partial charge in [-0.2, -0.15) is 0 Å². The van der Waals surface area contributed by atoms with E-state index in [2.05, 4.69) is 4.98 Å². The maximum absolute atomic E-state index is 11.6. The van der Waals surface area contributed by atoms with E-state index in [4.69, 9.17) is 4.74 Å². The molecule has 15 heavy (non-hydrogen) atoms. The number of hydrogen-bond donors (Lipinski definition) is 0. The van der Waals surface area contributed by atoms with Crippen molar-refractivity contribution in [2.24, 2.45) is 5.41 Å². The summed E-state index contributed by atoms with van der Waals surface area (Å²) in [7, 11) is 0. The quantitative estimate of drug-likeness (QED) is 0.710. The summed E-state index contributed by atoms with van der Waals surface area (Å²) in [6.45, 7) is 6.02. The first-order valence-corrected chi connectivity index (χ1v) is 5.12. The van der Waals surface area contributed by atoms with Crippen molar-refractivity contribution in [3.63, 3.8) is 0 Å². The van der Waals surface area contributed by atoms with Gasteiger partial charge in [-0.15, -0.1) is 0 Å². The van der Waals surface area contributed by atoms with Gasteiger partial charge in [0, 0.05) is 12.4 Å². The second-order valence-corrected chi connectivity index (χ2v) is 4.14. The van der Waals surface area contributed by atoms with Crippen LogP contribution in [0.3, 0.4) is 0 Å². The van der Waals surface area contributed by atoms with Crippen LogP contribution < -0.4 is 0 Å². The second-order valence-electron chi connectivity index (χ2n) is 4.14. The van der Waals surface area contributed by atoms with E-state index >= 15 is 0 Å². The molecule has 0 saturated carbocycles. The fourth-order valence-corrected chi connectivity index (χ4v) is 1.41. The fourth-order valence-electron chi connectivity index (χ4n) is 1.41. The van der Waals surface area contributed by atoms with Crippen LogP contribution in [0, 0.1) is 5.41 Å². The SMILES string of the molecule is CCOC(=O)C(C)(C)Cc1cccnc1. The van der Waals surface area contributed by atoms with Gasteiger partial charge in [-0.3, -0.25) is 9.78 Å². The van der Waals surface area contributed by atoms with Crippen molar-refractivity contribution < 1.29 is 9.53 Å². The molecule has 82 valence electrons. The van der Waals surface area contributed by atoms with Crippen LogP contribution >= 0.6 is 0 Å². The first kappa shape index (κ1) is 11.7. The normalized spacial score (nSPS) is 11.1. The third kappa shape index (κ3) is 3.35. The number of rotatable bonds is 4. The minimum Gasteiger partial charge on any atom is -0.466 e. The zero-order valence-corrected chi connectivity index (χ0v) is 9.49. The van der Waals surface area contributed by atoms with Gasteiger partial charge in [-0.1, -0.05) is 6.07 Å². The standard InChI is InChI=1S/C12H17NO2/c1-4-15-11(14)12(2,3)8-10-6-5-7-13-9-10/h5-7,9H,4,8H2,1-3H3. The molecule has 0 atom stereocenters. The first-order chi connectivity index (χ1) is 7.06. The Morgan fingerprint density at radius 3 is 2.80 bits per heavy atom. The van der Waals surface area contributed by atoms with Gasteiger partial charge in [-0.25, -0.2) is 0 Å². The van der Waals surface area contributed by atoms with Gasteiger partial charge in [0.2, 0.25) is 0 Å². The van der Waals surface area contributed by atoms with Gasteiger partial charge in [-0.05, 0) is 38.8 Å². The zero-order valence-electron chi connectivity index (χ0n) is 9.49. The lowest BCUT2D eigenvalue weighted by Gasteiger charge is -2.21. The van der Waals surface area contributed by atoms with Crippen LogP contribution in [-0.4, -0.2) is 17.6 Å². The second kappa shape index (κ2) is 4.91. The molecule has 1 aromatic heterocycles. The summed E-state index contributed by atoms with van der Waals surface area (Å²) in [5.74, 6) is -0.158. The Bertz CT molecular complexity index is 320. The lowest BCUT2D eigenvalue weighted by atomic mass is 9.86. The van der Waals surface area contributed by atoms with Crippen LogP contribution in [-0.2, 0) is 16.0 Å². The topological polar surface area (TPSA) is 39.2 Å². The molecule has 1 aromatic rings. The molecule has 0 aromatic carbocycles. The van der Waals surface area contributed by atoms with Gasteiger partial charge in [0.15, 0.2) is 0 Å². The van der Waals surface area contributed by atoms with E-state index in [1.807, 2.05) is 32.9 Å². The number of esters is 1. The summed E-state index contributed by atoms with van der Waals surface area (Å²) in [5.41, 5.74) is 0.564. The minimum absolute atomic E-state index is 0.158. The zero-order chi connectivity index (χ0) is 11.3. The van der Waals surface area contributed by atoms with E-state index in [9.17, 15) is 4.79 Å². The fraction of sp³-hybridized carbons (Fsp3) is 0.500. The molecule has 0 aliphatic rings. The molecule has 1 heterocycles. The molecule has 0 radical (unpaired) electrons. The monoisotopic (exact) mass is 207 g/mol. The molecule has 0 N–H and O–H groups in total. The Balaban J connectivity index is 2.68. The van der Waals surface area contributed by atoms with Crippen LogP contribution in [0.2, 0.25) is 0 Å². The average Bonchev–Trinajstić information content (AvgIpc) is 2.19. The summed E-state index contributed by atoms with van der Waals surface area (Å²) in [4.78, 5) is 15.6. The van der Waals surface area contributed by atoms with Crippen molar-refractivity contribution in [3.05, 3.63) is 30.1 Å². The largest absolute Gasteiger partial charge is 0.466 e. The lowest BCUT2D eigenvalue weighted by Crippen LogP contribution is -2.29. The van der Waals surface area contributed by atoms with Crippen molar-refractivity contribution in [2.45, 2.75) is 27.2 Å². The third-order valence-electron chi connectivity index (χ3n) is 2.20. The molecule has 3 heteroatoms. The van der Waals surface area contributed by atoms with Crippen LogP contribution in [0.1, 0.15) is 26.3 Å². The predicted octanol–water partition coefficient (Wildman–Crippen LogP) is 2.21. The van der Waals surface area contributed by atoms with E-state index in [1.165, 1.54) is 0 Å². The Morgan fingerprint density at radius 1 is 1.53 bits per heavy atom. The van der Waals surface area contributed by atoms with Gasteiger partial charge in [0.25, 0.3) is 0 Å². The molecule has 0 aliphatic carbocycles. The Morgan fingerprint density at radius 2 is 2.27 bits per heavy atom. The highest BCUT2D eigenvalue weighted by Crippen LogP contribution is 2.23. The third-order valence-corrected chi connectivity index (χ3v) is 2.20. The predicted molar refractivity (Wildman–Crippen MR) is 58.4 cm³/mol. The maximum Gasteiger partial charge on any atom is 0.311 e. The molecular formula is C12H17NO2. The Labute approximate surface area is 90.5 Å². The molecule has 0 bridgehead atoms. The number of aromatic nitrogens is 1. The highest BCUT2D eigenvalue weighted by molar-refractivity contribution is 5.76. The van der Waals surface area contributed by atoms with Gasteiger partial charge in [0.05, 0.1) is 12.0 Å². The molecular weight excluding hydrogens is 190 g/mol. The molecule has 3 nitrogen and oxygen atoms in total. The van der Waals surface area contributed by atoms with Gasteiger partial charge < -0.3 is 4.74 Å². The van der Waals surface area contributed by atoms with Crippen LogP contribution in [0.4, 0.5) is 0 Å². The lowest BCUT2D eigenvalue weighted by molar-refractivity contribution is -0.153. The summed E-state index contributed by atoms with van der Waals surface area (Å²) in [5, 5.41) is 0. The molecule has 0 spiro atoms. The van der Waals surface area contributed by atoms with Gasteiger partial charge in [0.1, 0.15) is 0 Å². The summed E-state index contributed by atoms with van der Waals surface area (Å²) >= 11 is 0. The summed E-state index contributed by atoms with van der Waals surface area (Å²) in [6, 6.07) is 3.84. The highest BCUT2D eigenvalue weighted by Gasteiger charge is 2.29. The molecule has 0 aliphatic heterocycles. The molecule has 0 saturated heterocycles. The summed E-state index contributed by atoms with van der Waals surface area (Å²) < 4.78 is 5.02. The van der Waals surface area contributed by atoms with Crippen molar-refractivity contribution >= 4 is 5.97 Å². The van der Waals surface area contributed by atoms with E-state index in [1.54, 1.807) is 12.4 Å². The number of hydrogen-bond acceptors (Lipinski definition) is 3. The van der Waals surface area contributed by atoms with Crippen molar-refractivity contribution in [1.82, 2.24) is 4.98 Å². The van der Waals surface area contributed by atoms with Gasteiger partial charge >= 0.3 is 5.97 Å². The van der Waals surface area contributed by atoms with Crippen LogP contribution in [0.25, 0.3) is 0 Å². The summed E-state index contributed by atoms with van der Waals surface area (Å²) in [6.07, 6.45) is 4.15. The minimum atomic E-state index is -0.487. The molecule has 0 unspecified atom stereocenters. The number of carbonyl (C=O) groups excluding carboxylic acids is 1. The number of nitrogens with zero attached hydrogens (tertiary/aromatic N) is 1. The van der Waals surface area contributed by atoms with Crippen LogP contribution in [0.5, 0.6) is 0 Å². The Hall–Kier alpha value is -1.38. The molecule has 1 rings (SSSR count).